The highest BCUT2D eigenvalue weighted by Gasteiger charge is 2.20. The van der Waals surface area contributed by atoms with Crippen molar-refractivity contribution in [3.8, 4) is 0 Å². The van der Waals surface area contributed by atoms with Gasteiger partial charge in [0.05, 0.1) is 25.4 Å². The summed E-state index contributed by atoms with van der Waals surface area (Å²) in [7, 11) is 0. The van der Waals surface area contributed by atoms with Crippen molar-refractivity contribution in [2.45, 2.75) is 38.9 Å². The molecule has 26 heavy (non-hydrogen) atoms. The molecule has 0 fully saturated rings. The van der Waals surface area contributed by atoms with Crippen molar-refractivity contribution in [1.29, 1.82) is 0 Å². The van der Waals surface area contributed by atoms with E-state index in [0.29, 0.717) is 13.1 Å². The molecular weight excluding hydrogens is 324 g/mol. The lowest BCUT2D eigenvalue weighted by molar-refractivity contribution is 0.0482. The molecule has 2 aromatic carbocycles. The van der Waals surface area contributed by atoms with Crippen molar-refractivity contribution in [2.24, 2.45) is 11.5 Å². The van der Waals surface area contributed by atoms with Crippen molar-refractivity contribution in [2.75, 3.05) is 26.3 Å². The van der Waals surface area contributed by atoms with Gasteiger partial charge in [-0.2, -0.15) is 0 Å². The van der Waals surface area contributed by atoms with Gasteiger partial charge < -0.3 is 20.9 Å². The third-order valence-corrected chi connectivity index (χ3v) is 5.36. The number of ether oxygens (including phenoxy) is 2. The van der Waals surface area contributed by atoms with Gasteiger partial charge in [0.25, 0.3) is 0 Å². The molecule has 4 nitrogen and oxygen atoms in total. The lowest BCUT2D eigenvalue weighted by atomic mass is 9.94. The molecule has 0 saturated carbocycles. The average molecular weight is 354 g/mol. The predicted molar refractivity (Wildman–Crippen MR) is 105 cm³/mol. The van der Waals surface area contributed by atoms with Crippen LogP contribution in [0.5, 0.6) is 0 Å². The zero-order chi connectivity index (χ0) is 18.5. The Morgan fingerprint density at radius 2 is 1.19 bits per heavy atom. The molecule has 0 amide bonds. The largest absolute Gasteiger partial charge is 0.372 e. The molecule has 2 aliphatic heterocycles. The minimum Gasteiger partial charge on any atom is -0.372 e. The Morgan fingerprint density at radius 3 is 1.58 bits per heavy atom. The number of hydrogen-bond donors (Lipinski definition) is 2. The van der Waals surface area contributed by atoms with Crippen LogP contribution < -0.4 is 11.5 Å². The second-order valence-electron chi connectivity index (χ2n) is 6.98. The number of rotatable bonds is 2. The van der Waals surface area contributed by atoms with Crippen LogP contribution in [0.25, 0.3) is 0 Å². The van der Waals surface area contributed by atoms with Crippen molar-refractivity contribution < 1.29 is 9.47 Å². The summed E-state index contributed by atoms with van der Waals surface area (Å²) >= 11 is 0. The van der Waals surface area contributed by atoms with E-state index >= 15 is 0 Å². The topological polar surface area (TPSA) is 70.5 Å². The molecule has 0 radical (unpaired) electrons. The maximum absolute atomic E-state index is 5.64. The van der Waals surface area contributed by atoms with Crippen LogP contribution in [-0.2, 0) is 22.3 Å². The van der Waals surface area contributed by atoms with E-state index in [9.17, 15) is 0 Å². The van der Waals surface area contributed by atoms with E-state index in [2.05, 4.69) is 50.2 Å². The summed E-state index contributed by atoms with van der Waals surface area (Å²) in [6, 6.07) is 12.7. The molecule has 2 heterocycles. The first-order chi connectivity index (χ1) is 12.7. The Hall–Kier alpha value is -1.72. The third kappa shape index (κ3) is 3.99. The molecular formula is C22H30N2O2. The maximum Gasteiger partial charge on any atom is 0.0949 e. The maximum atomic E-state index is 5.64. The van der Waals surface area contributed by atoms with Gasteiger partial charge in [-0.05, 0) is 60.1 Å². The van der Waals surface area contributed by atoms with Crippen LogP contribution in [-0.4, -0.2) is 26.3 Å². The zero-order valence-corrected chi connectivity index (χ0v) is 15.8. The number of fused-ring (bicyclic) bond motifs is 2. The summed E-state index contributed by atoms with van der Waals surface area (Å²) in [5, 5.41) is 0. The number of benzene rings is 2. The lowest BCUT2D eigenvalue weighted by Crippen LogP contribution is -2.23. The van der Waals surface area contributed by atoms with Crippen LogP contribution in [0.1, 0.15) is 45.6 Å². The van der Waals surface area contributed by atoms with Gasteiger partial charge in [0.1, 0.15) is 0 Å². The Morgan fingerprint density at radius 1 is 0.769 bits per heavy atom. The Bertz CT molecular complexity index is 681. The van der Waals surface area contributed by atoms with Crippen molar-refractivity contribution in [1.82, 2.24) is 0 Å². The molecule has 0 aromatic heterocycles. The van der Waals surface area contributed by atoms with Crippen molar-refractivity contribution in [3.63, 3.8) is 0 Å². The molecule has 0 saturated heterocycles. The molecule has 2 aromatic rings. The Labute approximate surface area is 156 Å². The van der Waals surface area contributed by atoms with Crippen LogP contribution >= 0.6 is 0 Å². The van der Waals surface area contributed by atoms with Crippen LogP contribution in [0.15, 0.2) is 36.4 Å². The van der Waals surface area contributed by atoms with E-state index < -0.39 is 0 Å². The SMILES string of the molecule is Cc1cccc2c1CCO[C@@H]2CN.Cc1cccc2c1CCO[C@H]2CN. The van der Waals surface area contributed by atoms with E-state index in [4.69, 9.17) is 20.9 Å². The predicted octanol–water partition coefficient (Wildman–Crippen LogP) is 3.14. The highest BCUT2D eigenvalue weighted by molar-refractivity contribution is 5.38. The van der Waals surface area contributed by atoms with Gasteiger partial charge in [-0.15, -0.1) is 0 Å². The Kier molecular flexibility index (Phi) is 6.43. The number of hydrogen-bond acceptors (Lipinski definition) is 4. The fraction of sp³-hybridized carbons (Fsp3) is 0.455. The molecule has 4 N–H and O–H groups in total. The summed E-state index contributed by atoms with van der Waals surface area (Å²) in [6.07, 6.45) is 2.28. The fourth-order valence-corrected chi connectivity index (χ4v) is 3.91. The van der Waals surface area contributed by atoms with Gasteiger partial charge in [0, 0.05) is 13.1 Å². The first-order valence-corrected chi connectivity index (χ1v) is 9.45. The highest BCUT2D eigenvalue weighted by atomic mass is 16.5. The quantitative estimate of drug-likeness (QED) is 0.869. The molecule has 4 rings (SSSR count). The first kappa shape index (κ1) is 19.1. The summed E-state index contributed by atoms with van der Waals surface area (Å²) in [6.45, 7) is 7.07. The minimum atomic E-state index is 0.114. The van der Waals surface area contributed by atoms with Gasteiger partial charge in [0.2, 0.25) is 0 Å². The van der Waals surface area contributed by atoms with Gasteiger partial charge in [-0.1, -0.05) is 36.4 Å². The molecule has 4 heteroatoms. The molecule has 2 aliphatic rings. The summed E-state index contributed by atoms with van der Waals surface area (Å²) in [5.74, 6) is 0. The lowest BCUT2D eigenvalue weighted by Gasteiger charge is -2.26. The minimum absolute atomic E-state index is 0.114. The van der Waals surface area contributed by atoms with E-state index in [1.54, 1.807) is 0 Å². The van der Waals surface area contributed by atoms with Crippen LogP contribution in [0.4, 0.5) is 0 Å². The smallest absolute Gasteiger partial charge is 0.0949 e. The molecule has 0 bridgehead atoms. The summed E-state index contributed by atoms with van der Waals surface area (Å²) in [5.41, 5.74) is 19.4. The average Bonchev–Trinajstić information content (AvgIpc) is 2.68. The molecule has 0 unspecified atom stereocenters. The van der Waals surface area contributed by atoms with Gasteiger partial charge >= 0.3 is 0 Å². The molecule has 0 spiro atoms. The summed E-state index contributed by atoms with van der Waals surface area (Å²) in [4.78, 5) is 0. The van der Waals surface area contributed by atoms with Gasteiger partial charge in [-0.3, -0.25) is 0 Å². The van der Waals surface area contributed by atoms with Crippen molar-refractivity contribution >= 4 is 0 Å². The summed E-state index contributed by atoms with van der Waals surface area (Å²) < 4.78 is 11.2. The second kappa shape index (κ2) is 8.78. The molecule has 0 aliphatic carbocycles. The normalized spacial score (nSPS) is 21.2. The zero-order valence-electron chi connectivity index (χ0n) is 15.8. The van der Waals surface area contributed by atoms with Gasteiger partial charge in [-0.25, -0.2) is 0 Å². The van der Waals surface area contributed by atoms with E-state index in [0.717, 1.165) is 26.1 Å². The molecule has 140 valence electrons. The second-order valence-corrected chi connectivity index (χ2v) is 6.98. The number of nitrogens with two attached hydrogens (primary N) is 2. The van der Waals surface area contributed by atoms with Crippen LogP contribution in [0.3, 0.4) is 0 Å². The van der Waals surface area contributed by atoms with E-state index in [1.807, 2.05) is 0 Å². The standard InChI is InChI=1S/2C11H15NO/c2*1-8-3-2-4-10-9(8)5-6-13-11(10)7-12/h2*2-4,11H,5-7,12H2,1H3/t2*11-/m10/s1. The van der Waals surface area contributed by atoms with E-state index in [1.165, 1.54) is 33.4 Å². The van der Waals surface area contributed by atoms with Gasteiger partial charge in [0.15, 0.2) is 0 Å². The first-order valence-electron chi connectivity index (χ1n) is 9.45. The highest BCUT2D eigenvalue weighted by Crippen LogP contribution is 2.29. The molecule has 2 atom stereocenters. The van der Waals surface area contributed by atoms with Crippen LogP contribution in [0, 0.1) is 13.8 Å². The number of aryl methyl sites for hydroxylation is 2. The third-order valence-electron chi connectivity index (χ3n) is 5.36. The monoisotopic (exact) mass is 354 g/mol. The Balaban J connectivity index is 0.000000151. The fourth-order valence-electron chi connectivity index (χ4n) is 3.91. The van der Waals surface area contributed by atoms with Crippen molar-refractivity contribution in [3.05, 3.63) is 69.8 Å². The van der Waals surface area contributed by atoms with E-state index in [-0.39, 0.29) is 12.2 Å². The van der Waals surface area contributed by atoms with Crippen LogP contribution in [0.2, 0.25) is 0 Å².